The van der Waals surface area contributed by atoms with Gasteiger partial charge in [-0.2, -0.15) is 0 Å². The number of thiocarbonyl (C=S) groups is 1. The predicted molar refractivity (Wildman–Crippen MR) is 136 cm³/mol. The molecule has 8 nitrogen and oxygen atoms in total. The lowest BCUT2D eigenvalue weighted by Gasteiger charge is -2.14. The molecule has 4 rings (SSSR count). The van der Waals surface area contributed by atoms with Crippen LogP contribution < -0.4 is 5.32 Å². The maximum absolute atomic E-state index is 12.8. The number of nitrogens with one attached hydrogen (secondary N) is 1. The van der Waals surface area contributed by atoms with E-state index in [4.69, 9.17) is 21.7 Å². The van der Waals surface area contributed by atoms with Crippen molar-refractivity contribution in [2.75, 3.05) is 13.1 Å². The van der Waals surface area contributed by atoms with Crippen molar-refractivity contribution in [1.29, 1.82) is 0 Å². The molecule has 0 saturated carbocycles. The van der Waals surface area contributed by atoms with E-state index in [1.54, 1.807) is 12.1 Å². The molecule has 2 amide bonds. The third kappa shape index (κ3) is 5.79. The average Bonchev–Trinajstić information content (AvgIpc) is 3.40. The summed E-state index contributed by atoms with van der Waals surface area (Å²) in [4.78, 5) is 37.8. The molecule has 10 heteroatoms. The fourth-order valence-corrected chi connectivity index (χ4v) is 4.64. The first-order chi connectivity index (χ1) is 16.8. The highest BCUT2D eigenvalue weighted by molar-refractivity contribution is 8.26. The van der Waals surface area contributed by atoms with Crippen molar-refractivity contribution in [1.82, 2.24) is 10.2 Å². The highest BCUT2D eigenvalue weighted by Crippen LogP contribution is 2.34. The summed E-state index contributed by atoms with van der Waals surface area (Å²) in [5.41, 5.74) is 1.37. The van der Waals surface area contributed by atoms with E-state index >= 15 is 0 Å². The summed E-state index contributed by atoms with van der Waals surface area (Å²) >= 11 is 6.36. The number of carboxylic acid groups (broad SMARTS) is 1. The number of hydrogen-bond acceptors (Lipinski definition) is 7. The number of nitrogens with zero attached hydrogens (tertiary/aromatic N) is 1. The number of furan rings is 1. The van der Waals surface area contributed by atoms with Crippen molar-refractivity contribution >= 4 is 52.2 Å². The van der Waals surface area contributed by atoms with Crippen LogP contribution in [0.2, 0.25) is 0 Å². The number of phenols is 1. The van der Waals surface area contributed by atoms with E-state index in [1.165, 1.54) is 29.2 Å². The summed E-state index contributed by atoms with van der Waals surface area (Å²) in [5.74, 6) is -1.55. The fourth-order valence-electron chi connectivity index (χ4n) is 3.41. The minimum absolute atomic E-state index is 0.171. The molecule has 0 aliphatic carbocycles. The van der Waals surface area contributed by atoms with Gasteiger partial charge in [-0.25, -0.2) is 4.79 Å². The van der Waals surface area contributed by atoms with Gasteiger partial charge in [-0.15, -0.1) is 0 Å². The van der Waals surface area contributed by atoms with Crippen molar-refractivity contribution in [2.45, 2.75) is 6.42 Å². The van der Waals surface area contributed by atoms with Crippen LogP contribution >= 0.6 is 24.0 Å². The molecule has 3 N–H and O–H groups in total. The van der Waals surface area contributed by atoms with Gasteiger partial charge >= 0.3 is 5.97 Å². The summed E-state index contributed by atoms with van der Waals surface area (Å²) in [6.07, 6.45) is 2.21. The number of aromatic hydroxyl groups is 1. The summed E-state index contributed by atoms with van der Waals surface area (Å²) in [6.45, 7) is 0.279. The van der Waals surface area contributed by atoms with E-state index in [2.05, 4.69) is 5.32 Å². The van der Waals surface area contributed by atoms with Crippen LogP contribution in [0.1, 0.15) is 21.7 Å². The lowest BCUT2D eigenvalue weighted by atomic mass is 10.1. The zero-order valence-electron chi connectivity index (χ0n) is 18.3. The zero-order chi connectivity index (χ0) is 24.9. The van der Waals surface area contributed by atoms with E-state index in [9.17, 15) is 19.5 Å². The number of thioether (sulfide) groups is 1. The molecule has 3 aromatic rings. The quantitative estimate of drug-likeness (QED) is 0.309. The highest BCUT2D eigenvalue weighted by atomic mass is 32.2. The van der Waals surface area contributed by atoms with Crippen LogP contribution in [0, 0.1) is 0 Å². The van der Waals surface area contributed by atoms with Gasteiger partial charge in [0.25, 0.3) is 5.91 Å². The van der Waals surface area contributed by atoms with E-state index in [0.29, 0.717) is 35.0 Å². The molecular formula is C25H20N2O6S2. The molecule has 1 fully saturated rings. The highest BCUT2D eigenvalue weighted by Gasteiger charge is 2.33. The lowest BCUT2D eigenvalue weighted by molar-refractivity contribution is -0.128. The van der Waals surface area contributed by atoms with Gasteiger partial charge in [0, 0.05) is 18.2 Å². The molecule has 0 radical (unpaired) electrons. The molecule has 1 saturated heterocycles. The molecule has 2 heterocycles. The number of carbonyl (C=O) groups is 3. The number of carboxylic acids is 1. The van der Waals surface area contributed by atoms with Gasteiger partial charge in [-0.05, 0) is 36.2 Å². The van der Waals surface area contributed by atoms with E-state index in [-0.39, 0.29) is 34.0 Å². The van der Waals surface area contributed by atoms with E-state index in [1.807, 2.05) is 30.3 Å². The molecule has 1 aromatic heterocycles. The van der Waals surface area contributed by atoms with Gasteiger partial charge in [-0.3, -0.25) is 14.5 Å². The molecule has 0 bridgehead atoms. The van der Waals surface area contributed by atoms with Crippen LogP contribution in [0.4, 0.5) is 0 Å². The maximum atomic E-state index is 12.8. The van der Waals surface area contributed by atoms with Crippen molar-refractivity contribution < 1.29 is 29.0 Å². The molecule has 1 aliphatic heterocycles. The Labute approximate surface area is 210 Å². The fraction of sp³-hybridized carbons (Fsp3) is 0.120. The smallest absolute Gasteiger partial charge is 0.339 e. The summed E-state index contributed by atoms with van der Waals surface area (Å²) in [6, 6.07) is 17.1. The number of amides is 2. The minimum atomic E-state index is -1.24. The molecule has 0 atom stereocenters. The van der Waals surface area contributed by atoms with Crippen LogP contribution in [0.5, 0.6) is 5.75 Å². The van der Waals surface area contributed by atoms with Gasteiger partial charge in [0.1, 0.15) is 33.7 Å². The van der Waals surface area contributed by atoms with Crippen molar-refractivity contribution in [3.8, 4) is 17.1 Å². The van der Waals surface area contributed by atoms with Gasteiger partial charge in [0.15, 0.2) is 0 Å². The Kier molecular flexibility index (Phi) is 7.33. The van der Waals surface area contributed by atoms with Crippen LogP contribution in [0.25, 0.3) is 17.4 Å². The Morgan fingerprint density at radius 2 is 1.89 bits per heavy atom. The Bertz CT molecular complexity index is 1330. The SMILES string of the molecule is O=C(CN1C(=O)C(=Cc2ccc(-c3ccc(C(=O)O)c(O)c3)o2)SC1=S)NCCc1ccccc1. The Morgan fingerprint density at radius 3 is 2.60 bits per heavy atom. The second kappa shape index (κ2) is 10.6. The van der Waals surface area contributed by atoms with E-state index in [0.717, 1.165) is 17.3 Å². The molecule has 35 heavy (non-hydrogen) atoms. The first-order valence-corrected chi connectivity index (χ1v) is 11.8. The standard InChI is InChI=1S/C25H20N2O6S2/c28-19-12-16(6-8-18(19)24(31)32)20-9-7-17(33-20)13-21-23(30)27(25(34)35-21)14-22(29)26-11-10-15-4-2-1-3-5-15/h1-9,12-13,28H,10-11,14H2,(H,26,29)(H,31,32). The van der Waals surface area contributed by atoms with Gasteiger partial charge < -0.3 is 19.9 Å². The van der Waals surface area contributed by atoms with Crippen molar-refractivity contribution in [2.24, 2.45) is 0 Å². The monoisotopic (exact) mass is 508 g/mol. The first-order valence-electron chi connectivity index (χ1n) is 10.5. The second-order valence-corrected chi connectivity index (χ2v) is 9.27. The van der Waals surface area contributed by atoms with Gasteiger partial charge in [0.2, 0.25) is 5.91 Å². The number of carbonyl (C=O) groups excluding carboxylic acids is 2. The molecular weight excluding hydrogens is 488 g/mol. The molecule has 0 unspecified atom stereocenters. The van der Waals surface area contributed by atoms with Gasteiger partial charge in [0.05, 0.1) is 4.91 Å². The van der Waals surface area contributed by atoms with Crippen LogP contribution in [-0.2, 0) is 16.0 Å². The number of rotatable bonds is 8. The zero-order valence-corrected chi connectivity index (χ0v) is 19.9. The molecule has 0 spiro atoms. The van der Waals surface area contributed by atoms with Crippen LogP contribution in [0.3, 0.4) is 0 Å². The summed E-state index contributed by atoms with van der Waals surface area (Å²) < 4.78 is 6.02. The predicted octanol–water partition coefficient (Wildman–Crippen LogP) is 3.91. The van der Waals surface area contributed by atoms with E-state index < -0.39 is 5.97 Å². The minimum Gasteiger partial charge on any atom is -0.507 e. The van der Waals surface area contributed by atoms with Crippen molar-refractivity contribution in [3.05, 3.63) is 82.5 Å². The summed E-state index contributed by atoms with van der Waals surface area (Å²) in [7, 11) is 0. The normalized spacial score (nSPS) is 14.5. The van der Waals surface area contributed by atoms with Gasteiger partial charge in [-0.1, -0.05) is 60.4 Å². The molecule has 178 valence electrons. The Hall–Kier alpha value is -3.89. The second-order valence-electron chi connectivity index (χ2n) is 7.59. The number of aromatic carboxylic acids is 1. The van der Waals surface area contributed by atoms with Crippen molar-refractivity contribution in [3.63, 3.8) is 0 Å². The topological polar surface area (TPSA) is 120 Å². The lowest BCUT2D eigenvalue weighted by Crippen LogP contribution is -2.40. The molecule has 1 aliphatic rings. The first kappa shape index (κ1) is 24.2. The third-order valence-corrected chi connectivity index (χ3v) is 6.54. The van der Waals surface area contributed by atoms with Crippen LogP contribution in [-0.4, -0.2) is 50.3 Å². The number of hydrogen-bond donors (Lipinski definition) is 3. The number of benzene rings is 2. The Morgan fingerprint density at radius 1 is 1.11 bits per heavy atom. The van der Waals surface area contributed by atoms with Crippen LogP contribution in [0.15, 0.2) is 70.0 Å². The third-order valence-electron chi connectivity index (χ3n) is 5.17. The summed E-state index contributed by atoms with van der Waals surface area (Å²) in [5, 5.41) is 21.7. The Balaban J connectivity index is 1.38. The molecule has 2 aromatic carbocycles. The average molecular weight is 509 g/mol. The maximum Gasteiger partial charge on any atom is 0.339 e. The largest absolute Gasteiger partial charge is 0.507 e.